The van der Waals surface area contributed by atoms with Crippen molar-refractivity contribution in [1.82, 2.24) is 5.32 Å². The van der Waals surface area contributed by atoms with Gasteiger partial charge in [-0.05, 0) is 19.4 Å². The Hall–Kier alpha value is -0.120. The van der Waals surface area contributed by atoms with Gasteiger partial charge in [-0.15, -0.1) is 0 Å². The first-order valence-corrected chi connectivity index (χ1v) is 3.85. The molecule has 0 bridgehead atoms. The molecule has 0 radical (unpaired) electrons. The molecule has 0 aliphatic carbocycles. The van der Waals surface area contributed by atoms with Gasteiger partial charge in [-0.2, -0.15) is 0 Å². The summed E-state index contributed by atoms with van der Waals surface area (Å²) in [5, 5.41) is 21.7. The minimum absolute atomic E-state index is 0.0868. The third-order valence-electron chi connectivity index (χ3n) is 2.09. The Balaban J connectivity index is 2.42. The fraction of sp³-hybridized carbons (Fsp3) is 1.00. The summed E-state index contributed by atoms with van der Waals surface area (Å²) in [5.41, 5.74) is 0. The molecule has 1 fully saturated rings. The van der Waals surface area contributed by atoms with Crippen LogP contribution in [-0.4, -0.2) is 35.0 Å². The number of aliphatic hydroxyl groups is 2. The maximum atomic E-state index is 9.32. The van der Waals surface area contributed by atoms with E-state index in [2.05, 4.69) is 5.32 Å². The summed E-state index contributed by atoms with van der Waals surface area (Å²) < 4.78 is 0. The molecule has 0 spiro atoms. The lowest BCUT2D eigenvalue weighted by Crippen LogP contribution is -2.51. The zero-order chi connectivity index (χ0) is 7.56. The molecule has 3 atom stereocenters. The van der Waals surface area contributed by atoms with Crippen LogP contribution in [-0.2, 0) is 0 Å². The molecule has 1 rings (SSSR count). The van der Waals surface area contributed by atoms with Crippen molar-refractivity contribution in [1.29, 1.82) is 0 Å². The second-order valence-electron chi connectivity index (χ2n) is 2.82. The van der Waals surface area contributed by atoms with Crippen molar-refractivity contribution in [3.63, 3.8) is 0 Å². The zero-order valence-corrected chi connectivity index (χ0v) is 6.25. The van der Waals surface area contributed by atoms with E-state index in [-0.39, 0.29) is 6.04 Å². The van der Waals surface area contributed by atoms with Crippen molar-refractivity contribution in [2.24, 2.45) is 0 Å². The Morgan fingerprint density at radius 3 is 2.70 bits per heavy atom. The van der Waals surface area contributed by atoms with Gasteiger partial charge in [0.1, 0.15) is 0 Å². The minimum Gasteiger partial charge on any atom is -0.390 e. The molecule has 3 N–H and O–H groups in total. The number of hydrogen-bond donors (Lipinski definition) is 3. The lowest BCUT2D eigenvalue weighted by molar-refractivity contribution is -0.0270. The van der Waals surface area contributed by atoms with Crippen LogP contribution >= 0.6 is 0 Å². The molecule has 1 aliphatic rings. The summed E-state index contributed by atoms with van der Waals surface area (Å²) >= 11 is 0. The lowest BCUT2D eigenvalue weighted by Gasteiger charge is -2.32. The molecule has 60 valence electrons. The SMILES string of the molecule is CCC1NCCC(O)C1O. The van der Waals surface area contributed by atoms with Gasteiger partial charge in [-0.1, -0.05) is 6.92 Å². The van der Waals surface area contributed by atoms with E-state index in [1.54, 1.807) is 0 Å². The fourth-order valence-electron chi connectivity index (χ4n) is 1.36. The van der Waals surface area contributed by atoms with Gasteiger partial charge in [0.25, 0.3) is 0 Å². The van der Waals surface area contributed by atoms with Crippen LogP contribution in [0.2, 0.25) is 0 Å². The van der Waals surface area contributed by atoms with Gasteiger partial charge in [0.15, 0.2) is 0 Å². The molecule has 1 heterocycles. The quantitative estimate of drug-likeness (QED) is 0.465. The molecule has 0 aromatic rings. The minimum atomic E-state index is -0.571. The average Bonchev–Trinajstić information content (AvgIpc) is 1.95. The molecule has 3 nitrogen and oxygen atoms in total. The van der Waals surface area contributed by atoms with Gasteiger partial charge in [0.05, 0.1) is 12.2 Å². The van der Waals surface area contributed by atoms with Gasteiger partial charge in [0, 0.05) is 6.04 Å². The summed E-state index contributed by atoms with van der Waals surface area (Å²) in [4.78, 5) is 0. The van der Waals surface area contributed by atoms with E-state index >= 15 is 0 Å². The molecule has 0 aromatic heterocycles. The van der Waals surface area contributed by atoms with E-state index in [4.69, 9.17) is 0 Å². The first kappa shape index (κ1) is 7.98. The van der Waals surface area contributed by atoms with Crippen LogP contribution in [0.1, 0.15) is 19.8 Å². The summed E-state index contributed by atoms with van der Waals surface area (Å²) in [7, 11) is 0. The van der Waals surface area contributed by atoms with Crippen LogP contribution in [0.3, 0.4) is 0 Å². The first-order valence-electron chi connectivity index (χ1n) is 3.85. The van der Waals surface area contributed by atoms with Crippen molar-refractivity contribution in [3.8, 4) is 0 Å². The topological polar surface area (TPSA) is 52.5 Å². The van der Waals surface area contributed by atoms with Gasteiger partial charge in [-0.3, -0.25) is 0 Å². The number of rotatable bonds is 1. The van der Waals surface area contributed by atoms with Gasteiger partial charge >= 0.3 is 0 Å². The van der Waals surface area contributed by atoms with Crippen LogP contribution in [0, 0.1) is 0 Å². The Morgan fingerprint density at radius 1 is 1.50 bits per heavy atom. The summed E-state index contributed by atoms with van der Waals surface area (Å²) in [6.07, 6.45) is 0.445. The largest absolute Gasteiger partial charge is 0.390 e. The molecule has 1 aliphatic heterocycles. The molecule has 3 unspecified atom stereocenters. The molecular weight excluding hydrogens is 130 g/mol. The van der Waals surface area contributed by atoms with Crippen LogP contribution < -0.4 is 5.32 Å². The molecule has 0 amide bonds. The smallest absolute Gasteiger partial charge is 0.0951 e. The predicted octanol–water partition coefficient (Wildman–Crippen LogP) is -0.520. The van der Waals surface area contributed by atoms with E-state index < -0.39 is 12.2 Å². The highest BCUT2D eigenvalue weighted by Gasteiger charge is 2.28. The standard InChI is InChI=1S/C7H15NO2/c1-2-5-7(10)6(9)3-4-8-5/h5-10H,2-4H2,1H3. The van der Waals surface area contributed by atoms with Crippen LogP contribution in [0.25, 0.3) is 0 Å². The summed E-state index contributed by atoms with van der Waals surface area (Å²) in [6, 6.07) is 0.0868. The Morgan fingerprint density at radius 2 is 2.20 bits per heavy atom. The molecule has 3 heteroatoms. The average molecular weight is 145 g/mol. The van der Waals surface area contributed by atoms with E-state index in [9.17, 15) is 10.2 Å². The van der Waals surface area contributed by atoms with Crippen molar-refractivity contribution in [3.05, 3.63) is 0 Å². The van der Waals surface area contributed by atoms with Crippen LogP contribution in [0.15, 0.2) is 0 Å². The summed E-state index contributed by atoms with van der Waals surface area (Å²) in [6.45, 7) is 2.82. The normalized spacial score (nSPS) is 41.7. The molecule has 0 saturated carbocycles. The molecule has 1 saturated heterocycles. The van der Waals surface area contributed by atoms with Gasteiger partial charge < -0.3 is 15.5 Å². The van der Waals surface area contributed by atoms with E-state index in [1.807, 2.05) is 6.92 Å². The fourth-order valence-corrected chi connectivity index (χ4v) is 1.36. The number of nitrogens with one attached hydrogen (secondary N) is 1. The van der Waals surface area contributed by atoms with Crippen molar-refractivity contribution in [2.45, 2.75) is 38.0 Å². The highest BCUT2D eigenvalue weighted by Crippen LogP contribution is 2.11. The molecular formula is C7H15NO2. The van der Waals surface area contributed by atoms with Crippen LogP contribution in [0.4, 0.5) is 0 Å². The second-order valence-corrected chi connectivity index (χ2v) is 2.82. The zero-order valence-electron chi connectivity index (χ0n) is 6.25. The van der Waals surface area contributed by atoms with E-state index in [0.29, 0.717) is 6.42 Å². The third-order valence-corrected chi connectivity index (χ3v) is 2.09. The maximum Gasteiger partial charge on any atom is 0.0951 e. The third kappa shape index (κ3) is 1.48. The number of piperidine rings is 1. The monoisotopic (exact) mass is 145 g/mol. The van der Waals surface area contributed by atoms with E-state index in [1.165, 1.54) is 0 Å². The highest BCUT2D eigenvalue weighted by molar-refractivity contribution is 4.85. The second kappa shape index (κ2) is 3.32. The lowest BCUT2D eigenvalue weighted by atomic mass is 9.97. The predicted molar refractivity (Wildman–Crippen MR) is 38.7 cm³/mol. The maximum absolute atomic E-state index is 9.32. The molecule has 10 heavy (non-hydrogen) atoms. The Labute approximate surface area is 61.1 Å². The van der Waals surface area contributed by atoms with E-state index in [0.717, 1.165) is 13.0 Å². The van der Waals surface area contributed by atoms with Crippen molar-refractivity contribution < 1.29 is 10.2 Å². The van der Waals surface area contributed by atoms with Crippen molar-refractivity contribution >= 4 is 0 Å². The Bertz CT molecular complexity index is 108. The number of hydrogen-bond acceptors (Lipinski definition) is 3. The van der Waals surface area contributed by atoms with Gasteiger partial charge in [0.2, 0.25) is 0 Å². The molecule has 0 aromatic carbocycles. The highest BCUT2D eigenvalue weighted by atomic mass is 16.3. The Kier molecular flexibility index (Phi) is 2.65. The first-order chi connectivity index (χ1) is 4.75. The van der Waals surface area contributed by atoms with Crippen molar-refractivity contribution in [2.75, 3.05) is 6.54 Å². The van der Waals surface area contributed by atoms with Gasteiger partial charge in [-0.25, -0.2) is 0 Å². The van der Waals surface area contributed by atoms with Crippen LogP contribution in [0.5, 0.6) is 0 Å². The summed E-state index contributed by atoms with van der Waals surface area (Å²) in [5.74, 6) is 0. The number of aliphatic hydroxyl groups excluding tert-OH is 2.